The molecule has 0 saturated heterocycles. The molecule has 0 saturated carbocycles. The van der Waals surface area contributed by atoms with Crippen molar-refractivity contribution in [3.63, 3.8) is 0 Å². The number of rotatable bonds is 7. The summed E-state index contributed by atoms with van der Waals surface area (Å²) in [6.45, 7) is 3.20. The average molecular weight is 220 g/mol. The van der Waals surface area contributed by atoms with Crippen LogP contribution in [-0.4, -0.2) is 51.1 Å². The Morgan fingerprint density at radius 2 is 1.73 bits per heavy atom. The van der Waals surface area contributed by atoms with Gasteiger partial charge in [0, 0.05) is 6.42 Å². The Kier molecular flexibility index (Phi) is 6.67. The van der Waals surface area contributed by atoms with Crippen LogP contribution in [0.15, 0.2) is 0 Å². The molecule has 5 nitrogen and oxygen atoms in total. The second-order valence-corrected chi connectivity index (χ2v) is 4.08. The van der Waals surface area contributed by atoms with E-state index in [1.165, 1.54) is 0 Å². The van der Waals surface area contributed by atoms with Crippen molar-refractivity contribution in [3.8, 4) is 0 Å². The van der Waals surface area contributed by atoms with E-state index in [1.54, 1.807) is 0 Å². The number of ketones is 1. The van der Waals surface area contributed by atoms with Crippen LogP contribution in [0.1, 0.15) is 26.7 Å². The third kappa shape index (κ3) is 5.22. The zero-order valence-corrected chi connectivity index (χ0v) is 9.13. The molecule has 0 aliphatic rings. The summed E-state index contributed by atoms with van der Waals surface area (Å²) in [7, 11) is 0. The van der Waals surface area contributed by atoms with Crippen molar-refractivity contribution < 1.29 is 25.2 Å². The minimum atomic E-state index is -1.62. The van der Waals surface area contributed by atoms with Crippen LogP contribution in [0.3, 0.4) is 0 Å². The normalized spacial score (nSPS) is 17.5. The predicted octanol–water partition coefficient (Wildman–Crippen LogP) is -0.933. The van der Waals surface area contributed by atoms with Crippen LogP contribution in [0.5, 0.6) is 0 Å². The van der Waals surface area contributed by atoms with E-state index in [4.69, 9.17) is 10.2 Å². The molecule has 0 aromatic heterocycles. The fourth-order valence-corrected chi connectivity index (χ4v) is 1.09. The molecule has 90 valence electrons. The largest absolute Gasteiger partial charge is 0.394 e. The summed E-state index contributed by atoms with van der Waals surface area (Å²) >= 11 is 0. The number of hydrogen-bond donors (Lipinski definition) is 4. The Bertz CT molecular complexity index is 192. The molecule has 0 aliphatic heterocycles. The van der Waals surface area contributed by atoms with Gasteiger partial charge in [-0.25, -0.2) is 0 Å². The van der Waals surface area contributed by atoms with Gasteiger partial charge >= 0.3 is 0 Å². The van der Waals surface area contributed by atoms with Crippen molar-refractivity contribution in [2.45, 2.75) is 45.0 Å². The first-order valence-electron chi connectivity index (χ1n) is 5.08. The van der Waals surface area contributed by atoms with Gasteiger partial charge in [-0.1, -0.05) is 13.8 Å². The van der Waals surface area contributed by atoms with E-state index in [1.807, 2.05) is 13.8 Å². The first-order chi connectivity index (χ1) is 6.90. The van der Waals surface area contributed by atoms with Crippen molar-refractivity contribution in [2.24, 2.45) is 5.92 Å². The van der Waals surface area contributed by atoms with Gasteiger partial charge in [0.25, 0.3) is 0 Å². The molecule has 0 bridgehead atoms. The maximum atomic E-state index is 11.3. The smallest absolute Gasteiger partial charge is 0.164 e. The van der Waals surface area contributed by atoms with Crippen molar-refractivity contribution in [1.82, 2.24) is 0 Å². The summed E-state index contributed by atoms with van der Waals surface area (Å²) in [5.41, 5.74) is 0. The highest BCUT2D eigenvalue weighted by Gasteiger charge is 2.29. The van der Waals surface area contributed by atoms with Gasteiger partial charge < -0.3 is 20.4 Å². The highest BCUT2D eigenvalue weighted by Crippen LogP contribution is 2.09. The molecular weight excluding hydrogens is 200 g/mol. The standard InChI is InChI=1S/C10H20O5/c1-6(2)3-4-7(12)9(14)10(15)8(13)5-11/h6,8-11,13-15H,3-5H2,1-2H3. The number of aliphatic hydroxyl groups is 4. The van der Waals surface area contributed by atoms with Gasteiger partial charge in [-0.15, -0.1) is 0 Å². The fourth-order valence-electron chi connectivity index (χ4n) is 1.09. The molecule has 5 heteroatoms. The molecule has 0 aromatic rings. The Morgan fingerprint density at radius 1 is 1.20 bits per heavy atom. The number of carbonyl (C=O) groups excluding carboxylic acids is 1. The predicted molar refractivity (Wildman–Crippen MR) is 54.2 cm³/mol. The third-order valence-electron chi connectivity index (χ3n) is 2.20. The minimum Gasteiger partial charge on any atom is -0.394 e. The van der Waals surface area contributed by atoms with Crippen molar-refractivity contribution >= 4 is 5.78 Å². The Hall–Kier alpha value is -0.490. The van der Waals surface area contributed by atoms with Crippen LogP contribution < -0.4 is 0 Å². The third-order valence-corrected chi connectivity index (χ3v) is 2.20. The number of hydrogen-bond acceptors (Lipinski definition) is 5. The molecule has 15 heavy (non-hydrogen) atoms. The van der Waals surface area contributed by atoms with Crippen LogP contribution >= 0.6 is 0 Å². The van der Waals surface area contributed by atoms with E-state index in [2.05, 4.69) is 0 Å². The van der Waals surface area contributed by atoms with E-state index in [9.17, 15) is 15.0 Å². The number of carbonyl (C=O) groups is 1. The monoisotopic (exact) mass is 220 g/mol. The van der Waals surface area contributed by atoms with Gasteiger partial charge in [-0.2, -0.15) is 0 Å². The summed E-state index contributed by atoms with van der Waals surface area (Å²) in [5, 5.41) is 36.1. The molecule has 0 fully saturated rings. The van der Waals surface area contributed by atoms with Gasteiger partial charge in [-0.05, 0) is 12.3 Å². The SMILES string of the molecule is CC(C)CCC(=O)C(O)C(O)C(O)CO. The van der Waals surface area contributed by atoms with E-state index >= 15 is 0 Å². The van der Waals surface area contributed by atoms with E-state index < -0.39 is 30.7 Å². The Labute approximate surface area is 89.4 Å². The summed E-state index contributed by atoms with van der Waals surface area (Å²) in [4.78, 5) is 11.3. The molecule has 3 atom stereocenters. The lowest BCUT2D eigenvalue weighted by atomic mass is 9.98. The molecule has 4 N–H and O–H groups in total. The molecule has 0 spiro atoms. The molecule has 0 heterocycles. The van der Waals surface area contributed by atoms with E-state index in [0.717, 1.165) is 0 Å². The van der Waals surface area contributed by atoms with Gasteiger partial charge in [0.05, 0.1) is 6.61 Å². The Morgan fingerprint density at radius 3 is 2.13 bits per heavy atom. The topological polar surface area (TPSA) is 98.0 Å². The molecule has 3 unspecified atom stereocenters. The van der Waals surface area contributed by atoms with Crippen LogP contribution in [0.2, 0.25) is 0 Å². The lowest BCUT2D eigenvalue weighted by Crippen LogP contribution is -2.43. The molecule has 0 rings (SSSR count). The van der Waals surface area contributed by atoms with Crippen LogP contribution in [0.25, 0.3) is 0 Å². The van der Waals surface area contributed by atoms with E-state index in [-0.39, 0.29) is 6.42 Å². The van der Waals surface area contributed by atoms with E-state index in [0.29, 0.717) is 12.3 Å². The lowest BCUT2D eigenvalue weighted by Gasteiger charge is -2.20. The molecule has 0 amide bonds. The highest BCUT2D eigenvalue weighted by atomic mass is 16.4. The highest BCUT2D eigenvalue weighted by molar-refractivity contribution is 5.83. The van der Waals surface area contributed by atoms with Crippen molar-refractivity contribution in [2.75, 3.05) is 6.61 Å². The quantitative estimate of drug-likeness (QED) is 0.444. The number of aliphatic hydroxyl groups excluding tert-OH is 4. The van der Waals surface area contributed by atoms with Gasteiger partial charge in [0.1, 0.15) is 18.3 Å². The maximum absolute atomic E-state index is 11.3. The fraction of sp³-hybridized carbons (Fsp3) is 0.900. The minimum absolute atomic E-state index is 0.161. The van der Waals surface area contributed by atoms with Crippen LogP contribution in [0.4, 0.5) is 0 Å². The van der Waals surface area contributed by atoms with Crippen LogP contribution in [-0.2, 0) is 4.79 Å². The second-order valence-electron chi connectivity index (χ2n) is 4.08. The zero-order chi connectivity index (χ0) is 12.0. The maximum Gasteiger partial charge on any atom is 0.164 e. The lowest BCUT2D eigenvalue weighted by molar-refractivity contribution is -0.140. The second kappa shape index (κ2) is 6.90. The first kappa shape index (κ1) is 14.5. The molecular formula is C10H20O5. The molecule has 0 radical (unpaired) electrons. The van der Waals surface area contributed by atoms with Gasteiger partial charge in [0.2, 0.25) is 0 Å². The molecule has 0 aliphatic carbocycles. The van der Waals surface area contributed by atoms with Crippen LogP contribution in [0, 0.1) is 5.92 Å². The summed E-state index contributed by atoms with van der Waals surface area (Å²) < 4.78 is 0. The van der Waals surface area contributed by atoms with Crippen molar-refractivity contribution in [3.05, 3.63) is 0 Å². The van der Waals surface area contributed by atoms with Gasteiger partial charge in [0.15, 0.2) is 5.78 Å². The van der Waals surface area contributed by atoms with Gasteiger partial charge in [-0.3, -0.25) is 4.79 Å². The summed E-state index contributed by atoms with van der Waals surface area (Å²) in [6.07, 6.45) is -3.94. The van der Waals surface area contributed by atoms with Crippen molar-refractivity contribution in [1.29, 1.82) is 0 Å². The summed E-state index contributed by atoms with van der Waals surface area (Å²) in [6, 6.07) is 0. The molecule has 0 aromatic carbocycles. The average Bonchev–Trinajstić information content (AvgIpc) is 2.22. The zero-order valence-electron chi connectivity index (χ0n) is 9.13. The number of Topliss-reactive ketones (excluding diaryl/α,β-unsaturated/α-hetero) is 1. The Balaban J connectivity index is 4.07. The summed E-state index contributed by atoms with van der Waals surface area (Å²) in [5.74, 6) is -0.176. The first-order valence-corrected chi connectivity index (χ1v) is 5.08.